The van der Waals surface area contributed by atoms with E-state index in [1.54, 1.807) is 0 Å². The summed E-state index contributed by atoms with van der Waals surface area (Å²) >= 11 is 0. The Morgan fingerprint density at radius 2 is 0.931 bits per heavy atom. The zero-order valence-corrected chi connectivity index (χ0v) is 38.7. The predicted octanol–water partition coefficient (Wildman–Crippen LogP) is 14.9. The molecule has 0 aliphatic rings. The van der Waals surface area contributed by atoms with Crippen molar-refractivity contribution in [1.82, 2.24) is 5.32 Å². The van der Waals surface area contributed by atoms with Crippen molar-refractivity contribution in [3.63, 3.8) is 0 Å². The van der Waals surface area contributed by atoms with Crippen molar-refractivity contribution in [2.75, 3.05) is 6.61 Å². The summed E-state index contributed by atoms with van der Waals surface area (Å²) in [6.07, 6.45) is 53.4. The number of carbonyl (C=O) groups is 2. The normalized spacial score (nSPS) is 13.5. The van der Waals surface area contributed by atoms with Crippen LogP contribution in [0.5, 0.6) is 0 Å². The number of hydrogen-bond donors (Lipinski definition) is 3. The zero-order chi connectivity index (χ0) is 42.4. The third-order valence-electron chi connectivity index (χ3n) is 11.5. The Morgan fingerprint density at radius 3 is 1.40 bits per heavy atom. The van der Waals surface area contributed by atoms with Gasteiger partial charge in [-0.1, -0.05) is 237 Å². The first-order valence-electron chi connectivity index (χ1n) is 25.2. The Labute approximate surface area is 360 Å². The first kappa shape index (κ1) is 56.1. The van der Waals surface area contributed by atoms with Crippen LogP contribution in [0.2, 0.25) is 0 Å². The number of aliphatic hydroxyl groups excluding tert-OH is 2. The van der Waals surface area contributed by atoms with Crippen LogP contribution < -0.4 is 5.32 Å². The van der Waals surface area contributed by atoms with Crippen LogP contribution in [0.3, 0.4) is 0 Å². The molecule has 0 heterocycles. The number of unbranched alkanes of at least 4 members (excludes halogenated alkanes) is 29. The lowest BCUT2D eigenvalue weighted by Gasteiger charge is -2.24. The molecule has 3 atom stereocenters. The summed E-state index contributed by atoms with van der Waals surface area (Å²) in [5.74, 6) is -0.488. The predicted molar refractivity (Wildman–Crippen MR) is 250 cm³/mol. The van der Waals surface area contributed by atoms with Crippen molar-refractivity contribution in [3.05, 3.63) is 36.5 Å². The van der Waals surface area contributed by atoms with Crippen LogP contribution in [0.4, 0.5) is 0 Å². The molecule has 0 aromatic rings. The van der Waals surface area contributed by atoms with E-state index in [4.69, 9.17) is 4.74 Å². The van der Waals surface area contributed by atoms with E-state index in [0.29, 0.717) is 19.3 Å². The molecule has 0 radical (unpaired) electrons. The van der Waals surface area contributed by atoms with Crippen molar-refractivity contribution in [3.8, 4) is 0 Å². The van der Waals surface area contributed by atoms with Crippen molar-refractivity contribution >= 4 is 11.9 Å². The molecule has 0 aromatic carbocycles. The summed E-state index contributed by atoms with van der Waals surface area (Å²) in [7, 11) is 0. The lowest BCUT2D eigenvalue weighted by atomic mass is 10.0. The average Bonchev–Trinajstić information content (AvgIpc) is 3.22. The molecule has 0 aliphatic heterocycles. The van der Waals surface area contributed by atoms with E-state index in [1.807, 2.05) is 0 Å². The second-order valence-corrected chi connectivity index (χ2v) is 17.3. The molecule has 6 heteroatoms. The molecule has 340 valence electrons. The van der Waals surface area contributed by atoms with Gasteiger partial charge in [-0.3, -0.25) is 9.59 Å². The molecule has 0 saturated carbocycles. The fourth-order valence-corrected chi connectivity index (χ4v) is 7.73. The molecule has 0 bridgehead atoms. The van der Waals surface area contributed by atoms with E-state index in [-0.39, 0.29) is 24.9 Å². The molecule has 0 rings (SSSR count). The van der Waals surface area contributed by atoms with Gasteiger partial charge in [0.25, 0.3) is 0 Å². The van der Waals surface area contributed by atoms with Crippen molar-refractivity contribution in [2.45, 2.75) is 277 Å². The molecular weight excluding hydrogens is 719 g/mol. The summed E-state index contributed by atoms with van der Waals surface area (Å²) in [6, 6.07) is -0.702. The van der Waals surface area contributed by atoms with Crippen molar-refractivity contribution < 1.29 is 24.5 Å². The summed E-state index contributed by atoms with van der Waals surface area (Å²) in [5, 5.41) is 23.8. The quantitative estimate of drug-likeness (QED) is 0.0323. The summed E-state index contributed by atoms with van der Waals surface area (Å²) < 4.78 is 5.92. The van der Waals surface area contributed by atoms with E-state index in [9.17, 15) is 19.8 Å². The largest absolute Gasteiger partial charge is 0.462 e. The molecule has 0 fully saturated rings. The van der Waals surface area contributed by atoms with Crippen LogP contribution in [-0.4, -0.2) is 46.9 Å². The third-order valence-corrected chi connectivity index (χ3v) is 11.5. The Balaban J connectivity index is 4.55. The van der Waals surface area contributed by atoms with Crippen LogP contribution in [-0.2, 0) is 14.3 Å². The number of rotatable bonds is 45. The molecule has 0 saturated heterocycles. The fourth-order valence-electron chi connectivity index (χ4n) is 7.73. The minimum Gasteiger partial charge on any atom is -0.462 e. The number of ether oxygens (including phenoxy) is 1. The molecular formula is C52H97NO5. The lowest BCUT2D eigenvalue weighted by Crippen LogP contribution is -2.46. The van der Waals surface area contributed by atoms with Crippen LogP contribution in [0.1, 0.15) is 258 Å². The van der Waals surface area contributed by atoms with E-state index in [2.05, 4.69) is 62.5 Å². The molecule has 0 aromatic heterocycles. The monoisotopic (exact) mass is 816 g/mol. The Kier molecular flexibility index (Phi) is 44.6. The summed E-state index contributed by atoms with van der Waals surface area (Å²) in [5.41, 5.74) is 0. The van der Waals surface area contributed by atoms with Gasteiger partial charge in [-0.2, -0.15) is 0 Å². The molecule has 58 heavy (non-hydrogen) atoms. The van der Waals surface area contributed by atoms with Gasteiger partial charge in [-0.15, -0.1) is 0 Å². The standard InChI is InChI=1S/C52H97NO5/c1-4-7-10-13-16-19-22-25-27-29-32-35-38-41-44-50(55)49(47-54)53-51(56)46-48(43-40-37-34-31-28-24-21-18-15-12-9-6-3)58-52(57)45-42-39-36-33-30-26-23-20-17-14-11-8-5-2/h8,11,14,17,20,23,48-50,54-55H,4-7,9-10,12-13,15-16,18-19,21-22,24-47H2,1-3H3,(H,53,56)/b11-8+,17-14+,23-20-. The SMILES string of the molecule is CC/C=C/C=C/C=C\CCCCCCCC(=O)OC(CCCCCCCCCCCCCC)CC(=O)NC(CO)C(O)CCCCCCCCCCCCCCCC. The van der Waals surface area contributed by atoms with E-state index in [0.717, 1.165) is 70.6 Å². The highest BCUT2D eigenvalue weighted by Crippen LogP contribution is 2.18. The third kappa shape index (κ3) is 40.8. The molecule has 6 nitrogen and oxygen atoms in total. The van der Waals surface area contributed by atoms with Gasteiger partial charge in [0.15, 0.2) is 0 Å². The maximum Gasteiger partial charge on any atom is 0.306 e. The highest BCUT2D eigenvalue weighted by molar-refractivity contribution is 5.77. The first-order valence-corrected chi connectivity index (χ1v) is 25.2. The minimum absolute atomic E-state index is 0.0729. The van der Waals surface area contributed by atoms with Gasteiger partial charge in [0, 0.05) is 6.42 Å². The fraction of sp³-hybridized carbons (Fsp3) is 0.846. The van der Waals surface area contributed by atoms with Gasteiger partial charge in [-0.05, 0) is 44.9 Å². The van der Waals surface area contributed by atoms with Gasteiger partial charge in [0.05, 0.1) is 25.2 Å². The average molecular weight is 816 g/mol. The van der Waals surface area contributed by atoms with Gasteiger partial charge >= 0.3 is 5.97 Å². The highest BCUT2D eigenvalue weighted by atomic mass is 16.5. The van der Waals surface area contributed by atoms with Crippen LogP contribution in [0.15, 0.2) is 36.5 Å². The molecule has 3 unspecified atom stereocenters. The van der Waals surface area contributed by atoms with Crippen LogP contribution >= 0.6 is 0 Å². The van der Waals surface area contributed by atoms with Gasteiger partial charge < -0.3 is 20.3 Å². The molecule has 0 spiro atoms. The van der Waals surface area contributed by atoms with E-state index in [1.165, 1.54) is 141 Å². The Hall–Kier alpha value is -1.92. The molecule has 3 N–H and O–H groups in total. The van der Waals surface area contributed by atoms with E-state index < -0.39 is 18.2 Å². The van der Waals surface area contributed by atoms with Crippen LogP contribution in [0.25, 0.3) is 0 Å². The second kappa shape index (κ2) is 46.2. The molecule has 0 aliphatic carbocycles. The number of hydrogen-bond acceptors (Lipinski definition) is 5. The van der Waals surface area contributed by atoms with Gasteiger partial charge in [-0.25, -0.2) is 0 Å². The van der Waals surface area contributed by atoms with Gasteiger partial charge in [0.2, 0.25) is 5.91 Å². The van der Waals surface area contributed by atoms with Crippen LogP contribution in [0, 0.1) is 0 Å². The number of nitrogens with one attached hydrogen (secondary N) is 1. The topological polar surface area (TPSA) is 95.9 Å². The number of aliphatic hydroxyl groups is 2. The first-order chi connectivity index (χ1) is 28.5. The highest BCUT2D eigenvalue weighted by Gasteiger charge is 2.24. The Bertz CT molecular complexity index is 961. The lowest BCUT2D eigenvalue weighted by molar-refractivity contribution is -0.151. The van der Waals surface area contributed by atoms with Crippen molar-refractivity contribution in [2.24, 2.45) is 0 Å². The maximum atomic E-state index is 13.2. The summed E-state index contributed by atoms with van der Waals surface area (Å²) in [4.78, 5) is 26.1. The second-order valence-electron chi connectivity index (χ2n) is 17.3. The maximum absolute atomic E-state index is 13.2. The number of amides is 1. The number of esters is 1. The zero-order valence-electron chi connectivity index (χ0n) is 38.7. The number of carbonyl (C=O) groups excluding carboxylic acids is 2. The summed E-state index contributed by atoms with van der Waals surface area (Å²) in [6.45, 7) is 6.36. The smallest absolute Gasteiger partial charge is 0.306 e. The minimum atomic E-state index is -0.788. The van der Waals surface area contributed by atoms with Crippen molar-refractivity contribution in [1.29, 1.82) is 0 Å². The van der Waals surface area contributed by atoms with Gasteiger partial charge in [0.1, 0.15) is 6.10 Å². The van der Waals surface area contributed by atoms with E-state index >= 15 is 0 Å². The molecule has 1 amide bonds. The Morgan fingerprint density at radius 1 is 0.517 bits per heavy atom. The number of allylic oxidation sites excluding steroid dienone is 6.